The highest BCUT2D eigenvalue weighted by Gasteiger charge is 2.18. The molecule has 0 N–H and O–H groups in total. The Labute approximate surface area is 148 Å². The number of amides is 1. The molecule has 0 radical (unpaired) electrons. The third-order valence-electron chi connectivity index (χ3n) is 3.87. The van der Waals surface area contributed by atoms with E-state index in [9.17, 15) is 4.79 Å². The summed E-state index contributed by atoms with van der Waals surface area (Å²) in [7, 11) is 0. The lowest BCUT2D eigenvalue weighted by molar-refractivity contribution is -0.115. The predicted molar refractivity (Wildman–Crippen MR) is 102 cm³/mol. The summed E-state index contributed by atoms with van der Waals surface area (Å²) in [6.45, 7) is 2.33. The topological polar surface area (TPSA) is 33.2 Å². The first kappa shape index (κ1) is 16.7. The van der Waals surface area contributed by atoms with Gasteiger partial charge in [-0.3, -0.25) is 9.69 Å². The number of hydrogen-bond acceptors (Lipinski definition) is 2. The zero-order chi connectivity index (χ0) is 17.5. The fraction of sp³-hybridized carbons (Fsp3) is 0.0909. The summed E-state index contributed by atoms with van der Waals surface area (Å²) in [5.74, 6) is 0.601. The Kier molecular flexibility index (Phi) is 5.37. The van der Waals surface area contributed by atoms with Gasteiger partial charge in [0.2, 0.25) is 0 Å². The van der Waals surface area contributed by atoms with Crippen LogP contribution < -0.4 is 4.90 Å². The molecule has 1 amide bonds. The van der Waals surface area contributed by atoms with Crippen LogP contribution in [0.25, 0.3) is 6.08 Å². The molecule has 0 aliphatic heterocycles. The molecule has 0 bridgehead atoms. The van der Waals surface area contributed by atoms with Gasteiger partial charge in [0, 0.05) is 11.8 Å². The number of nitrogens with zero attached hydrogens (tertiary/aromatic N) is 2. The van der Waals surface area contributed by atoms with E-state index in [1.165, 1.54) is 0 Å². The molecular weight excluding hydrogens is 308 g/mol. The third-order valence-corrected chi connectivity index (χ3v) is 3.87. The van der Waals surface area contributed by atoms with Crippen LogP contribution in [0.5, 0.6) is 0 Å². The summed E-state index contributed by atoms with van der Waals surface area (Å²) >= 11 is 0. The van der Waals surface area contributed by atoms with Gasteiger partial charge in [-0.05, 0) is 36.3 Å². The van der Waals surface area contributed by atoms with E-state index in [1.807, 2.05) is 91.9 Å². The highest BCUT2D eigenvalue weighted by molar-refractivity contribution is 6.07. The minimum atomic E-state index is -0.0496. The van der Waals surface area contributed by atoms with Crippen molar-refractivity contribution in [1.82, 2.24) is 4.98 Å². The first-order valence-corrected chi connectivity index (χ1v) is 8.24. The molecule has 124 valence electrons. The molecule has 0 spiro atoms. The highest BCUT2D eigenvalue weighted by Crippen LogP contribution is 2.18. The first-order chi connectivity index (χ1) is 12.2. The minimum absolute atomic E-state index is 0.0496. The Morgan fingerprint density at radius 1 is 0.920 bits per heavy atom. The number of rotatable bonds is 5. The zero-order valence-corrected chi connectivity index (χ0v) is 14.2. The van der Waals surface area contributed by atoms with Crippen molar-refractivity contribution in [3.05, 3.63) is 102 Å². The Hall–Kier alpha value is -3.20. The van der Waals surface area contributed by atoms with Gasteiger partial charge in [0.15, 0.2) is 0 Å². The van der Waals surface area contributed by atoms with Crippen molar-refractivity contribution in [3.8, 4) is 0 Å². The molecule has 0 saturated carbocycles. The van der Waals surface area contributed by atoms with E-state index in [4.69, 9.17) is 0 Å². The molecule has 0 saturated heterocycles. The fourth-order valence-electron chi connectivity index (χ4n) is 2.61. The second-order valence-corrected chi connectivity index (χ2v) is 5.80. The van der Waals surface area contributed by atoms with E-state index in [0.717, 1.165) is 11.1 Å². The van der Waals surface area contributed by atoms with Crippen LogP contribution in [0.2, 0.25) is 0 Å². The standard InChI is InChI=1S/C22H20N2O/c1-18(16-19-10-4-2-5-11-19)22(25)24(21-14-8-9-15-23-21)17-20-12-6-3-7-13-20/h2-16H,17H2,1H3. The van der Waals surface area contributed by atoms with Crippen LogP contribution in [0.15, 0.2) is 90.6 Å². The summed E-state index contributed by atoms with van der Waals surface area (Å²) in [6.07, 6.45) is 3.61. The van der Waals surface area contributed by atoms with Gasteiger partial charge in [0.25, 0.3) is 5.91 Å². The van der Waals surface area contributed by atoms with E-state index in [1.54, 1.807) is 11.1 Å². The fourth-order valence-corrected chi connectivity index (χ4v) is 2.61. The summed E-state index contributed by atoms with van der Waals surface area (Å²) in [6, 6.07) is 25.4. The molecule has 3 nitrogen and oxygen atoms in total. The van der Waals surface area contributed by atoms with Gasteiger partial charge in [0.1, 0.15) is 5.82 Å². The molecule has 0 aliphatic rings. The van der Waals surface area contributed by atoms with Gasteiger partial charge < -0.3 is 0 Å². The zero-order valence-electron chi connectivity index (χ0n) is 14.2. The van der Waals surface area contributed by atoms with Gasteiger partial charge in [-0.1, -0.05) is 66.7 Å². The maximum absolute atomic E-state index is 13.1. The number of aromatic nitrogens is 1. The molecule has 3 heteroatoms. The van der Waals surface area contributed by atoms with E-state index < -0.39 is 0 Å². The van der Waals surface area contributed by atoms with Crippen molar-refractivity contribution >= 4 is 17.8 Å². The number of anilines is 1. The summed E-state index contributed by atoms with van der Waals surface area (Å²) in [4.78, 5) is 19.1. The van der Waals surface area contributed by atoms with E-state index in [0.29, 0.717) is 17.9 Å². The molecule has 0 unspecified atom stereocenters. The summed E-state index contributed by atoms with van der Waals surface area (Å²) < 4.78 is 0. The Bertz CT molecular complexity index is 843. The van der Waals surface area contributed by atoms with Crippen LogP contribution in [0, 0.1) is 0 Å². The molecule has 25 heavy (non-hydrogen) atoms. The lowest BCUT2D eigenvalue weighted by Crippen LogP contribution is -2.31. The van der Waals surface area contributed by atoms with Gasteiger partial charge in [0.05, 0.1) is 6.54 Å². The highest BCUT2D eigenvalue weighted by atomic mass is 16.2. The minimum Gasteiger partial charge on any atom is -0.288 e. The smallest absolute Gasteiger partial charge is 0.255 e. The van der Waals surface area contributed by atoms with Crippen LogP contribution in [-0.4, -0.2) is 10.9 Å². The lowest BCUT2D eigenvalue weighted by Gasteiger charge is -2.22. The second-order valence-electron chi connectivity index (χ2n) is 5.80. The SMILES string of the molecule is CC(=Cc1ccccc1)C(=O)N(Cc1ccccc1)c1ccccn1. The van der Waals surface area contributed by atoms with Crippen molar-refractivity contribution < 1.29 is 4.79 Å². The largest absolute Gasteiger partial charge is 0.288 e. The van der Waals surface area contributed by atoms with Gasteiger partial charge >= 0.3 is 0 Å². The van der Waals surface area contributed by atoms with Gasteiger partial charge in [-0.15, -0.1) is 0 Å². The average molecular weight is 328 g/mol. The molecule has 0 atom stereocenters. The van der Waals surface area contributed by atoms with E-state index in [-0.39, 0.29) is 5.91 Å². The van der Waals surface area contributed by atoms with Gasteiger partial charge in [-0.2, -0.15) is 0 Å². The van der Waals surface area contributed by atoms with E-state index in [2.05, 4.69) is 4.98 Å². The molecule has 3 aromatic rings. The van der Waals surface area contributed by atoms with Crippen LogP contribution in [0.3, 0.4) is 0 Å². The van der Waals surface area contributed by atoms with Crippen LogP contribution in [-0.2, 0) is 11.3 Å². The van der Waals surface area contributed by atoms with E-state index >= 15 is 0 Å². The monoisotopic (exact) mass is 328 g/mol. The first-order valence-electron chi connectivity index (χ1n) is 8.24. The maximum atomic E-state index is 13.1. The lowest BCUT2D eigenvalue weighted by atomic mass is 10.1. The second kappa shape index (κ2) is 8.06. The molecule has 1 aromatic heterocycles. The number of carbonyl (C=O) groups excluding carboxylic acids is 1. The molecule has 3 rings (SSSR count). The van der Waals surface area contributed by atoms with Crippen molar-refractivity contribution in [2.45, 2.75) is 13.5 Å². The van der Waals surface area contributed by atoms with Crippen molar-refractivity contribution in [3.63, 3.8) is 0 Å². The molecule has 0 fully saturated rings. The van der Waals surface area contributed by atoms with Crippen molar-refractivity contribution in [2.75, 3.05) is 4.90 Å². The Morgan fingerprint density at radius 3 is 2.20 bits per heavy atom. The maximum Gasteiger partial charge on any atom is 0.255 e. The number of benzene rings is 2. The molecule has 2 aromatic carbocycles. The van der Waals surface area contributed by atoms with Crippen LogP contribution in [0.1, 0.15) is 18.1 Å². The van der Waals surface area contributed by atoms with Crippen molar-refractivity contribution in [1.29, 1.82) is 0 Å². The van der Waals surface area contributed by atoms with Crippen LogP contribution in [0.4, 0.5) is 5.82 Å². The van der Waals surface area contributed by atoms with Gasteiger partial charge in [-0.25, -0.2) is 4.98 Å². The van der Waals surface area contributed by atoms with Crippen molar-refractivity contribution in [2.24, 2.45) is 0 Å². The average Bonchev–Trinajstić information content (AvgIpc) is 2.68. The number of hydrogen-bond donors (Lipinski definition) is 0. The Balaban J connectivity index is 1.91. The number of carbonyl (C=O) groups is 1. The van der Waals surface area contributed by atoms with Crippen LogP contribution >= 0.6 is 0 Å². The molecule has 0 aliphatic carbocycles. The summed E-state index contributed by atoms with van der Waals surface area (Å²) in [5, 5.41) is 0. The number of pyridine rings is 1. The summed E-state index contributed by atoms with van der Waals surface area (Å²) in [5.41, 5.74) is 2.75. The normalized spacial score (nSPS) is 11.2. The predicted octanol–water partition coefficient (Wildman–Crippen LogP) is 4.72. The molecule has 1 heterocycles. The quantitative estimate of drug-likeness (QED) is 0.635. The third kappa shape index (κ3) is 4.42. The Morgan fingerprint density at radius 2 is 1.56 bits per heavy atom. The molecular formula is C22H20N2O.